The van der Waals surface area contributed by atoms with Crippen molar-refractivity contribution in [2.24, 2.45) is 0 Å². The van der Waals surface area contributed by atoms with E-state index in [1.807, 2.05) is 53.4 Å². The molecular weight excluding hydrogens is 530 g/mol. The molecule has 6 rings (SSSR count). The van der Waals surface area contributed by atoms with Gasteiger partial charge in [-0.3, -0.25) is 9.59 Å². The molecule has 0 spiro atoms. The van der Waals surface area contributed by atoms with Gasteiger partial charge in [-0.15, -0.1) is 10.2 Å². The topological polar surface area (TPSA) is 108 Å². The minimum atomic E-state index is -0.350. The van der Waals surface area contributed by atoms with E-state index in [0.29, 0.717) is 49.0 Å². The van der Waals surface area contributed by atoms with Crippen molar-refractivity contribution in [3.05, 3.63) is 108 Å². The third-order valence-corrected chi connectivity index (χ3v) is 7.43. The number of ether oxygens (including phenoxy) is 1. The standard InChI is InChI=1S/C33H29N5O4/c1-42-25-11-9-23(10-12-25)34-32(40)30-15-16-31(36-35-30)37-17-19-38(20-18-37)33(41)29-14-13-26(22-5-4-6-24(39)21-22)27-7-2-3-8-28(27)29/h2-16,21,39H,17-20H2,1H3,(H,34,40). The number of piperazine rings is 1. The lowest BCUT2D eigenvalue weighted by atomic mass is 9.94. The fourth-order valence-electron chi connectivity index (χ4n) is 5.20. The van der Waals surface area contributed by atoms with Crippen LogP contribution in [0.15, 0.2) is 97.1 Å². The number of nitrogens with one attached hydrogen (secondary N) is 1. The summed E-state index contributed by atoms with van der Waals surface area (Å²) >= 11 is 0. The first-order valence-corrected chi connectivity index (χ1v) is 13.6. The van der Waals surface area contributed by atoms with Crippen molar-refractivity contribution in [2.45, 2.75) is 0 Å². The highest BCUT2D eigenvalue weighted by atomic mass is 16.5. The zero-order valence-electron chi connectivity index (χ0n) is 23.0. The van der Waals surface area contributed by atoms with Gasteiger partial charge in [0.15, 0.2) is 11.5 Å². The molecule has 1 aliphatic rings. The second kappa shape index (κ2) is 11.6. The number of carbonyl (C=O) groups excluding carboxylic acids is 2. The van der Waals surface area contributed by atoms with Crippen molar-refractivity contribution < 1.29 is 19.4 Å². The van der Waals surface area contributed by atoms with Crippen molar-refractivity contribution >= 4 is 34.1 Å². The third-order valence-electron chi connectivity index (χ3n) is 7.43. The number of phenols is 1. The molecule has 5 aromatic rings. The van der Waals surface area contributed by atoms with Crippen LogP contribution in [-0.2, 0) is 0 Å². The molecule has 4 aromatic carbocycles. The van der Waals surface area contributed by atoms with Gasteiger partial charge in [-0.1, -0.05) is 42.5 Å². The molecule has 2 N–H and O–H groups in total. The van der Waals surface area contributed by atoms with E-state index in [4.69, 9.17) is 4.74 Å². The van der Waals surface area contributed by atoms with Crippen LogP contribution >= 0.6 is 0 Å². The maximum Gasteiger partial charge on any atom is 0.276 e. The average Bonchev–Trinajstić information content (AvgIpc) is 3.04. The molecule has 0 radical (unpaired) electrons. The second-order valence-electron chi connectivity index (χ2n) is 10.00. The minimum absolute atomic E-state index is 0.0232. The molecule has 1 aliphatic heterocycles. The highest BCUT2D eigenvalue weighted by molar-refractivity contribution is 6.11. The van der Waals surface area contributed by atoms with Gasteiger partial charge in [0, 0.05) is 37.4 Å². The largest absolute Gasteiger partial charge is 0.508 e. The first-order valence-electron chi connectivity index (χ1n) is 13.6. The molecule has 0 aliphatic carbocycles. The lowest BCUT2D eigenvalue weighted by Crippen LogP contribution is -2.49. The molecule has 210 valence electrons. The molecule has 0 atom stereocenters. The number of fused-ring (bicyclic) bond motifs is 1. The molecule has 9 nitrogen and oxygen atoms in total. The molecular formula is C33H29N5O4. The summed E-state index contributed by atoms with van der Waals surface area (Å²) in [5.41, 5.74) is 3.35. The van der Waals surface area contributed by atoms with E-state index in [2.05, 4.69) is 20.4 Å². The van der Waals surface area contributed by atoms with E-state index in [-0.39, 0.29) is 23.3 Å². The summed E-state index contributed by atoms with van der Waals surface area (Å²) in [6, 6.07) is 29.3. The first kappa shape index (κ1) is 26.8. The minimum Gasteiger partial charge on any atom is -0.508 e. The van der Waals surface area contributed by atoms with E-state index in [1.54, 1.807) is 55.6 Å². The van der Waals surface area contributed by atoms with E-state index in [0.717, 1.165) is 21.9 Å². The smallest absolute Gasteiger partial charge is 0.276 e. The van der Waals surface area contributed by atoms with Crippen molar-refractivity contribution in [2.75, 3.05) is 43.5 Å². The van der Waals surface area contributed by atoms with E-state index in [1.165, 1.54) is 0 Å². The summed E-state index contributed by atoms with van der Waals surface area (Å²) in [6.45, 7) is 2.25. The van der Waals surface area contributed by atoms with Crippen LogP contribution in [0.3, 0.4) is 0 Å². The maximum atomic E-state index is 13.7. The lowest BCUT2D eigenvalue weighted by molar-refractivity contribution is 0.0748. The summed E-state index contributed by atoms with van der Waals surface area (Å²) in [4.78, 5) is 30.2. The Balaban J connectivity index is 1.12. The van der Waals surface area contributed by atoms with Crippen LogP contribution in [0.25, 0.3) is 21.9 Å². The van der Waals surface area contributed by atoms with E-state index >= 15 is 0 Å². The van der Waals surface area contributed by atoms with Crippen molar-refractivity contribution in [1.29, 1.82) is 0 Å². The number of hydrogen-bond donors (Lipinski definition) is 2. The van der Waals surface area contributed by atoms with Gasteiger partial charge in [-0.25, -0.2) is 0 Å². The van der Waals surface area contributed by atoms with Gasteiger partial charge in [0.05, 0.1) is 7.11 Å². The van der Waals surface area contributed by atoms with Crippen LogP contribution in [0.4, 0.5) is 11.5 Å². The number of nitrogens with zero attached hydrogens (tertiary/aromatic N) is 4. The van der Waals surface area contributed by atoms with Gasteiger partial charge in [-0.2, -0.15) is 0 Å². The Labute approximate surface area is 243 Å². The number of methoxy groups -OCH3 is 1. The molecule has 2 heterocycles. The molecule has 0 saturated carbocycles. The summed E-state index contributed by atoms with van der Waals surface area (Å²) < 4.78 is 5.14. The zero-order valence-corrected chi connectivity index (χ0v) is 23.0. The van der Waals surface area contributed by atoms with Crippen LogP contribution in [-0.4, -0.2) is 65.3 Å². The van der Waals surface area contributed by atoms with Gasteiger partial charge in [0.2, 0.25) is 0 Å². The Hall–Kier alpha value is -5.44. The number of aromatic hydroxyl groups is 1. The summed E-state index contributed by atoms with van der Waals surface area (Å²) in [7, 11) is 1.59. The Kier molecular flexibility index (Phi) is 7.38. The Bertz CT molecular complexity index is 1750. The number of anilines is 2. The molecule has 1 saturated heterocycles. The Morgan fingerprint density at radius 3 is 2.26 bits per heavy atom. The van der Waals surface area contributed by atoms with Crippen molar-refractivity contribution in [3.8, 4) is 22.6 Å². The summed E-state index contributed by atoms with van der Waals surface area (Å²) in [5.74, 6) is 1.19. The second-order valence-corrected chi connectivity index (χ2v) is 10.00. The van der Waals surface area contributed by atoms with Gasteiger partial charge in [-0.05, 0) is 76.5 Å². The Morgan fingerprint density at radius 1 is 0.810 bits per heavy atom. The average molecular weight is 560 g/mol. The molecule has 0 unspecified atom stereocenters. The number of hydrogen-bond acceptors (Lipinski definition) is 7. The molecule has 42 heavy (non-hydrogen) atoms. The molecule has 1 aromatic heterocycles. The van der Waals surface area contributed by atoms with Crippen molar-refractivity contribution in [3.63, 3.8) is 0 Å². The number of benzene rings is 4. The molecule has 0 bridgehead atoms. The van der Waals surface area contributed by atoms with Gasteiger partial charge < -0.3 is 25.0 Å². The number of carbonyl (C=O) groups is 2. The highest BCUT2D eigenvalue weighted by Crippen LogP contribution is 2.33. The van der Waals surface area contributed by atoms with Crippen LogP contribution in [0, 0.1) is 0 Å². The van der Waals surface area contributed by atoms with Crippen LogP contribution in [0.2, 0.25) is 0 Å². The van der Waals surface area contributed by atoms with Crippen LogP contribution in [0.5, 0.6) is 11.5 Å². The lowest BCUT2D eigenvalue weighted by Gasteiger charge is -2.35. The van der Waals surface area contributed by atoms with Crippen LogP contribution < -0.4 is 15.0 Å². The van der Waals surface area contributed by atoms with Gasteiger partial charge in [0.25, 0.3) is 11.8 Å². The van der Waals surface area contributed by atoms with Crippen molar-refractivity contribution in [1.82, 2.24) is 15.1 Å². The SMILES string of the molecule is COc1ccc(NC(=O)c2ccc(N3CCN(C(=O)c4ccc(-c5cccc(O)c5)c5ccccc45)CC3)nn2)cc1. The summed E-state index contributed by atoms with van der Waals surface area (Å²) in [6.07, 6.45) is 0. The quantitative estimate of drug-likeness (QED) is 0.294. The van der Waals surface area contributed by atoms with E-state index < -0.39 is 0 Å². The predicted octanol–water partition coefficient (Wildman–Crippen LogP) is 5.23. The number of amides is 2. The van der Waals surface area contributed by atoms with E-state index in [9.17, 15) is 14.7 Å². The highest BCUT2D eigenvalue weighted by Gasteiger charge is 2.25. The summed E-state index contributed by atoms with van der Waals surface area (Å²) in [5, 5.41) is 23.0. The fourth-order valence-corrected chi connectivity index (χ4v) is 5.20. The Morgan fingerprint density at radius 2 is 1.57 bits per heavy atom. The predicted molar refractivity (Wildman–Crippen MR) is 162 cm³/mol. The molecule has 1 fully saturated rings. The fraction of sp³-hybridized carbons (Fsp3) is 0.152. The maximum absolute atomic E-state index is 13.7. The van der Waals surface area contributed by atoms with Crippen LogP contribution in [0.1, 0.15) is 20.8 Å². The van der Waals surface area contributed by atoms with Gasteiger partial charge in [0.1, 0.15) is 11.5 Å². The monoisotopic (exact) mass is 559 g/mol. The molecule has 2 amide bonds. The van der Waals surface area contributed by atoms with Gasteiger partial charge >= 0.3 is 0 Å². The third kappa shape index (κ3) is 5.44. The number of rotatable bonds is 6. The normalized spacial score (nSPS) is 13.2. The first-order chi connectivity index (χ1) is 20.5. The zero-order chi connectivity index (χ0) is 29.1. The number of aromatic nitrogens is 2. The molecule has 9 heteroatoms. The number of phenolic OH excluding ortho intramolecular Hbond substituents is 1.